The molecule has 0 saturated heterocycles. The Balaban J connectivity index is 3.08. The summed E-state index contributed by atoms with van der Waals surface area (Å²) in [6.07, 6.45) is 7.25. The summed E-state index contributed by atoms with van der Waals surface area (Å²) in [5.74, 6) is -3.12. The van der Waals surface area contributed by atoms with Gasteiger partial charge in [0.1, 0.15) is 18.1 Å². The number of carbonyl (C=O) groups excluding carboxylic acids is 4. The van der Waals surface area contributed by atoms with E-state index in [9.17, 15) is 29.1 Å². The van der Waals surface area contributed by atoms with Crippen molar-refractivity contribution in [2.24, 2.45) is 17.8 Å². The van der Waals surface area contributed by atoms with Crippen LogP contribution >= 0.6 is 0 Å². The van der Waals surface area contributed by atoms with Gasteiger partial charge in [0.15, 0.2) is 0 Å². The molecule has 0 spiro atoms. The summed E-state index contributed by atoms with van der Waals surface area (Å²) < 4.78 is 0. The summed E-state index contributed by atoms with van der Waals surface area (Å²) in [5.41, 5.74) is 0. The molecule has 36 heavy (non-hydrogen) atoms. The van der Waals surface area contributed by atoms with Gasteiger partial charge in [-0.25, -0.2) is 9.59 Å². The van der Waals surface area contributed by atoms with Crippen molar-refractivity contribution in [2.45, 2.75) is 78.6 Å². The molecule has 5 amide bonds. The van der Waals surface area contributed by atoms with Crippen molar-refractivity contribution in [2.75, 3.05) is 6.54 Å². The third kappa shape index (κ3) is 10.1. The molecule has 5 atom stereocenters. The number of carboxylic acid groups (broad SMARTS) is 1. The highest BCUT2D eigenvalue weighted by Crippen LogP contribution is 2.10. The van der Waals surface area contributed by atoms with Crippen LogP contribution in [0.25, 0.3) is 0 Å². The normalized spacial score (nSPS) is 23.1. The SMILES string of the molecule is CC[C@H](C)[C@H](NC(=O)N[C@H](C(=O)O)C(C)C)C(=O)N[C@@H]1/C=C/CCNC(=O)/C=C/[C@@H](C(C)C)NC1=O. The number of hydrogen-bond acceptors (Lipinski definition) is 5. The van der Waals surface area contributed by atoms with Crippen LogP contribution in [0.1, 0.15) is 54.4 Å². The summed E-state index contributed by atoms with van der Waals surface area (Å²) in [4.78, 5) is 62.2. The monoisotopic (exact) mass is 507 g/mol. The first-order chi connectivity index (χ1) is 16.9. The zero-order valence-electron chi connectivity index (χ0n) is 22.0. The Morgan fingerprint density at radius 2 is 1.69 bits per heavy atom. The number of urea groups is 1. The van der Waals surface area contributed by atoms with E-state index >= 15 is 0 Å². The summed E-state index contributed by atoms with van der Waals surface area (Å²) in [6, 6.07) is -4.35. The minimum atomic E-state index is -1.18. The molecule has 0 aromatic rings. The quantitative estimate of drug-likeness (QED) is 0.255. The first-order valence-corrected chi connectivity index (χ1v) is 12.4. The molecule has 202 valence electrons. The van der Waals surface area contributed by atoms with Crippen LogP contribution < -0.4 is 26.6 Å². The van der Waals surface area contributed by atoms with Crippen molar-refractivity contribution in [3.05, 3.63) is 24.3 Å². The van der Waals surface area contributed by atoms with Gasteiger partial charge in [-0.15, -0.1) is 0 Å². The largest absolute Gasteiger partial charge is 0.480 e. The first-order valence-electron chi connectivity index (χ1n) is 12.4. The Morgan fingerprint density at radius 3 is 2.25 bits per heavy atom. The van der Waals surface area contributed by atoms with Crippen molar-refractivity contribution >= 4 is 29.7 Å². The average Bonchev–Trinajstić information content (AvgIpc) is 2.80. The van der Waals surface area contributed by atoms with E-state index in [4.69, 9.17) is 0 Å². The zero-order valence-corrected chi connectivity index (χ0v) is 22.0. The molecule has 0 fully saturated rings. The molecule has 1 heterocycles. The maximum absolute atomic E-state index is 13.2. The second-order valence-corrected chi connectivity index (χ2v) is 9.67. The van der Waals surface area contributed by atoms with Gasteiger partial charge in [0.25, 0.3) is 0 Å². The van der Waals surface area contributed by atoms with Gasteiger partial charge < -0.3 is 31.7 Å². The molecule has 0 aromatic heterocycles. The van der Waals surface area contributed by atoms with E-state index in [1.807, 2.05) is 20.8 Å². The molecule has 6 N–H and O–H groups in total. The van der Waals surface area contributed by atoms with Crippen LogP contribution in [0.15, 0.2) is 24.3 Å². The van der Waals surface area contributed by atoms with Gasteiger partial charge in [0.2, 0.25) is 17.7 Å². The van der Waals surface area contributed by atoms with E-state index < -0.39 is 48.0 Å². The summed E-state index contributed by atoms with van der Waals surface area (Å²) in [6.45, 7) is 11.1. The Labute approximate surface area is 212 Å². The molecular weight excluding hydrogens is 466 g/mol. The van der Waals surface area contributed by atoms with E-state index in [1.165, 1.54) is 6.08 Å². The fourth-order valence-electron chi connectivity index (χ4n) is 3.44. The van der Waals surface area contributed by atoms with Gasteiger partial charge in [-0.3, -0.25) is 14.4 Å². The molecule has 11 nitrogen and oxygen atoms in total. The lowest BCUT2D eigenvalue weighted by Crippen LogP contribution is -2.59. The molecule has 0 unspecified atom stereocenters. The van der Waals surface area contributed by atoms with E-state index in [0.29, 0.717) is 19.4 Å². The van der Waals surface area contributed by atoms with Crippen molar-refractivity contribution in [1.82, 2.24) is 26.6 Å². The fraction of sp³-hybridized carbons (Fsp3) is 0.640. The number of amides is 5. The highest BCUT2D eigenvalue weighted by molar-refractivity contribution is 5.94. The van der Waals surface area contributed by atoms with Gasteiger partial charge >= 0.3 is 12.0 Å². The fourth-order valence-corrected chi connectivity index (χ4v) is 3.44. The number of nitrogens with one attached hydrogen (secondary N) is 5. The first kappa shape index (κ1) is 30.7. The molecule has 0 aliphatic carbocycles. The molecule has 1 rings (SSSR count). The number of rotatable bonds is 9. The van der Waals surface area contributed by atoms with Crippen LogP contribution in [0.2, 0.25) is 0 Å². The summed E-state index contributed by atoms with van der Waals surface area (Å²) in [7, 11) is 0. The lowest BCUT2D eigenvalue weighted by Gasteiger charge is -2.28. The smallest absolute Gasteiger partial charge is 0.326 e. The highest BCUT2D eigenvalue weighted by Gasteiger charge is 2.31. The number of aliphatic carboxylic acids is 1. The molecule has 0 saturated carbocycles. The van der Waals surface area contributed by atoms with Crippen molar-refractivity contribution in [1.29, 1.82) is 0 Å². The van der Waals surface area contributed by atoms with E-state index in [2.05, 4.69) is 26.6 Å². The van der Waals surface area contributed by atoms with Crippen LogP contribution in [0.3, 0.4) is 0 Å². The van der Waals surface area contributed by atoms with Gasteiger partial charge in [-0.05, 0) is 24.2 Å². The van der Waals surface area contributed by atoms with E-state index in [0.717, 1.165) is 0 Å². The van der Waals surface area contributed by atoms with Crippen molar-refractivity contribution in [3.8, 4) is 0 Å². The lowest BCUT2D eigenvalue weighted by molar-refractivity contribution is -0.140. The van der Waals surface area contributed by atoms with Crippen LogP contribution in [0.5, 0.6) is 0 Å². The van der Waals surface area contributed by atoms with Crippen molar-refractivity contribution < 1.29 is 29.1 Å². The maximum Gasteiger partial charge on any atom is 0.326 e. The molecule has 1 aliphatic rings. The lowest BCUT2D eigenvalue weighted by atomic mass is 9.97. The van der Waals surface area contributed by atoms with Crippen LogP contribution in [0, 0.1) is 17.8 Å². The second kappa shape index (κ2) is 14.9. The van der Waals surface area contributed by atoms with Crippen LogP contribution in [-0.2, 0) is 19.2 Å². The minimum absolute atomic E-state index is 0.0114. The number of hydrogen-bond donors (Lipinski definition) is 6. The van der Waals surface area contributed by atoms with Crippen molar-refractivity contribution in [3.63, 3.8) is 0 Å². The summed E-state index contributed by atoms with van der Waals surface area (Å²) >= 11 is 0. The standard InChI is InChI=1S/C25H41N5O6/c1-7-16(6)21(30-25(36)29-20(15(4)5)24(34)35)23(33)28-18-10-8-9-13-26-19(31)12-11-17(14(2)3)27-22(18)32/h8,10-12,14-18,20-21H,7,9,13H2,1-6H3,(H,26,31)(H,27,32)(H,28,33)(H,34,35)(H2,29,30,36)/b10-8+,12-11+/t16-,17-,18+,20-,21-/m0/s1. The zero-order chi connectivity index (χ0) is 27.4. The third-order valence-corrected chi connectivity index (χ3v) is 6.00. The predicted octanol–water partition coefficient (Wildman–Crippen LogP) is 1.07. The van der Waals surface area contributed by atoms with Gasteiger partial charge in [0, 0.05) is 18.7 Å². The molecule has 0 radical (unpaired) electrons. The number of carbonyl (C=O) groups is 5. The molecule has 1 aliphatic heterocycles. The second-order valence-electron chi connectivity index (χ2n) is 9.67. The highest BCUT2D eigenvalue weighted by atomic mass is 16.4. The Hall–Kier alpha value is -3.37. The predicted molar refractivity (Wildman–Crippen MR) is 136 cm³/mol. The third-order valence-electron chi connectivity index (χ3n) is 6.00. The molecule has 0 bridgehead atoms. The number of carboxylic acids is 1. The Morgan fingerprint density at radius 1 is 1.06 bits per heavy atom. The molecule has 11 heteroatoms. The topological polar surface area (TPSA) is 166 Å². The molecular formula is C25H41N5O6. The maximum atomic E-state index is 13.2. The van der Waals surface area contributed by atoms with Crippen LogP contribution in [0.4, 0.5) is 4.79 Å². The minimum Gasteiger partial charge on any atom is -0.480 e. The van der Waals surface area contributed by atoms with E-state index in [1.54, 1.807) is 39.0 Å². The summed E-state index contributed by atoms with van der Waals surface area (Å²) in [5, 5.41) is 22.6. The van der Waals surface area contributed by atoms with Gasteiger partial charge in [-0.2, -0.15) is 0 Å². The molecule has 0 aromatic carbocycles. The van der Waals surface area contributed by atoms with Gasteiger partial charge in [-0.1, -0.05) is 66.2 Å². The van der Waals surface area contributed by atoms with Crippen LogP contribution in [-0.4, -0.2) is 65.5 Å². The average molecular weight is 508 g/mol. The Bertz CT molecular complexity index is 854. The van der Waals surface area contributed by atoms with E-state index in [-0.39, 0.29) is 23.7 Å². The van der Waals surface area contributed by atoms with Gasteiger partial charge in [0.05, 0.1) is 0 Å². The Kier molecular flexibility index (Phi) is 12.7.